The highest BCUT2D eigenvalue weighted by molar-refractivity contribution is 14.1. The minimum absolute atomic E-state index is 0.111. The van der Waals surface area contributed by atoms with Crippen LogP contribution in [0.5, 0.6) is 11.5 Å². The number of anilines is 2. The van der Waals surface area contributed by atoms with E-state index in [2.05, 4.69) is 33.2 Å². The molecule has 31 heavy (non-hydrogen) atoms. The summed E-state index contributed by atoms with van der Waals surface area (Å²) in [4.78, 5) is 12.3. The molecule has 7 heteroatoms. The Morgan fingerprint density at radius 3 is 2.65 bits per heavy atom. The van der Waals surface area contributed by atoms with Crippen LogP contribution < -0.4 is 20.1 Å². The van der Waals surface area contributed by atoms with E-state index in [1.165, 1.54) is 0 Å². The van der Waals surface area contributed by atoms with Crippen molar-refractivity contribution in [2.75, 3.05) is 24.4 Å². The predicted octanol–water partition coefficient (Wildman–Crippen LogP) is 6.20. The summed E-state index contributed by atoms with van der Waals surface area (Å²) >= 11 is 8.29. The lowest BCUT2D eigenvalue weighted by Crippen LogP contribution is -2.20. The fourth-order valence-electron chi connectivity index (χ4n) is 3.05. The van der Waals surface area contributed by atoms with E-state index in [9.17, 15) is 4.79 Å². The number of carbonyl (C=O) groups is 1. The zero-order valence-corrected chi connectivity index (χ0v) is 20.5. The van der Waals surface area contributed by atoms with Gasteiger partial charge >= 0.3 is 0 Å². The summed E-state index contributed by atoms with van der Waals surface area (Å²) in [7, 11) is 1.59. The van der Waals surface area contributed by atoms with Gasteiger partial charge in [-0.2, -0.15) is 0 Å². The number of nitrogens with one attached hydrogen (secondary N) is 2. The number of amides is 1. The second-order valence-electron chi connectivity index (χ2n) is 7.13. The minimum atomic E-state index is -0.231. The number of methoxy groups -OCH3 is 1. The van der Waals surface area contributed by atoms with E-state index in [0.29, 0.717) is 23.1 Å². The van der Waals surface area contributed by atoms with Crippen LogP contribution in [-0.2, 0) is 11.3 Å². The zero-order chi connectivity index (χ0) is 22.4. The molecule has 0 saturated heterocycles. The molecule has 0 aliphatic rings. The Kier molecular flexibility index (Phi) is 8.03. The fourth-order valence-corrected chi connectivity index (χ4v) is 4.05. The van der Waals surface area contributed by atoms with Crippen LogP contribution in [0.1, 0.15) is 16.7 Å². The van der Waals surface area contributed by atoms with Crippen LogP contribution in [0.4, 0.5) is 11.4 Å². The van der Waals surface area contributed by atoms with Gasteiger partial charge in [0.1, 0.15) is 0 Å². The lowest BCUT2D eigenvalue weighted by molar-refractivity contribution is -0.118. The fraction of sp³-hybridized carbons (Fsp3) is 0.208. The average molecular weight is 551 g/mol. The zero-order valence-electron chi connectivity index (χ0n) is 17.6. The van der Waals surface area contributed by atoms with Gasteiger partial charge in [-0.3, -0.25) is 4.79 Å². The van der Waals surface area contributed by atoms with Crippen LogP contribution in [0.25, 0.3) is 0 Å². The summed E-state index contributed by atoms with van der Waals surface area (Å²) < 4.78 is 12.2. The second kappa shape index (κ2) is 10.7. The van der Waals surface area contributed by atoms with Crippen LogP contribution >= 0.6 is 34.2 Å². The van der Waals surface area contributed by atoms with Gasteiger partial charge in [-0.05, 0) is 89.5 Å². The van der Waals surface area contributed by atoms with Crippen molar-refractivity contribution >= 4 is 51.5 Å². The normalized spacial score (nSPS) is 10.5. The molecule has 162 valence electrons. The number of hydrogen-bond donors (Lipinski definition) is 2. The average Bonchev–Trinajstić information content (AvgIpc) is 2.73. The molecule has 0 aliphatic carbocycles. The van der Waals surface area contributed by atoms with Gasteiger partial charge < -0.3 is 20.1 Å². The first kappa shape index (κ1) is 23.2. The molecule has 2 N–H and O–H groups in total. The molecule has 0 saturated carbocycles. The molecule has 0 aromatic heterocycles. The van der Waals surface area contributed by atoms with E-state index in [-0.39, 0.29) is 12.5 Å². The monoisotopic (exact) mass is 550 g/mol. The Balaban J connectivity index is 1.66. The standard InChI is InChI=1S/C24H24ClIN2O3/c1-15-5-4-6-19(9-15)28-23(29)14-31-24-20(26)10-17(11-22(24)30-3)13-27-21-12-18(25)8-7-16(21)2/h4-12,27H,13-14H2,1-3H3,(H,28,29). The van der Waals surface area contributed by atoms with Gasteiger partial charge in [0.2, 0.25) is 0 Å². The van der Waals surface area contributed by atoms with Gasteiger partial charge in [0.15, 0.2) is 18.1 Å². The summed E-state index contributed by atoms with van der Waals surface area (Å²) in [6.45, 7) is 4.49. The van der Waals surface area contributed by atoms with E-state index in [1.54, 1.807) is 7.11 Å². The Hall–Kier alpha value is -2.45. The van der Waals surface area contributed by atoms with Crippen LogP contribution in [-0.4, -0.2) is 19.6 Å². The van der Waals surface area contributed by atoms with Gasteiger partial charge in [-0.25, -0.2) is 0 Å². The van der Waals surface area contributed by atoms with E-state index in [4.69, 9.17) is 21.1 Å². The van der Waals surface area contributed by atoms with Crippen LogP contribution in [0.3, 0.4) is 0 Å². The van der Waals surface area contributed by atoms with Crippen LogP contribution in [0, 0.1) is 17.4 Å². The molecular formula is C24H24ClIN2O3. The highest BCUT2D eigenvalue weighted by Gasteiger charge is 2.14. The van der Waals surface area contributed by atoms with E-state index < -0.39 is 0 Å². The smallest absolute Gasteiger partial charge is 0.262 e. The molecule has 5 nitrogen and oxygen atoms in total. The minimum Gasteiger partial charge on any atom is -0.493 e. The molecule has 3 aromatic carbocycles. The number of benzene rings is 3. The molecule has 0 aliphatic heterocycles. The van der Waals surface area contributed by atoms with Crippen molar-refractivity contribution in [3.8, 4) is 11.5 Å². The number of ether oxygens (including phenoxy) is 2. The van der Waals surface area contributed by atoms with Crippen molar-refractivity contribution in [2.45, 2.75) is 20.4 Å². The largest absolute Gasteiger partial charge is 0.493 e. The number of carbonyl (C=O) groups excluding carboxylic acids is 1. The third-order valence-corrected chi connectivity index (χ3v) is 5.66. The van der Waals surface area contributed by atoms with Gasteiger partial charge in [0.05, 0.1) is 10.7 Å². The summed E-state index contributed by atoms with van der Waals surface area (Å²) in [6.07, 6.45) is 0. The third-order valence-electron chi connectivity index (χ3n) is 4.62. The molecule has 0 unspecified atom stereocenters. The Labute approximate surface area is 201 Å². The number of hydrogen-bond acceptors (Lipinski definition) is 4. The van der Waals surface area contributed by atoms with Crippen molar-refractivity contribution in [1.29, 1.82) is 0 Å². The van der Waals surface area contributed by atoms with E-state index in [1.807, 2.05) is 68.4 Å². The molecule has 0 heterocycles. The van der Waals surface area contributed by atoms with Gasteiger partial charge in [-0.15, -0.1) is 0 Å². The Bertz CT molecular complexity index is 1090. The summed E-state index contributed by atoms with van der Waals surface area (Å²) in [5, 5.41) is 6.93. The maximum atomic E-state index is 12.3. The Morgan fingerprint density at radius 1 is 1.10 bits per heavy atom. The topological polar surface area (TPSA) is 59.6 Å². The molecule has 0 spiro atoms. The maximum Gasteiger partial charge on any atom is 0.262 e. The Morgan fingerprint density at radius 2 is 1.90 bits per heavy atom. The number of halogens is 2. The molecule has 0 bridgehead atoms. The first-order valence-corrected chi connectivity index (χ1v) is 11.2. The van der Waals surface area contributed by atoms with Crippen molar-refractivity contribution in [3.63, 3.8) is 0 Å². The van der Waals surface area contributed by atoms with Crippen molar-refractivity contribution in [1.82, 2.24) is 0 Å². The predicted molar refractivity (Wildman–Crippen MR) is 135 cm³/mol. The molecular weight excluding hydrogens is 527 g/mol. The maximum absolute atomic E-state index is 12.3. The molecule has 0 radical (unpaired) electrons. The molecule has 0 fully saturated rings. The van der Waals surface area contributed by atoms with E-state index >= 15 is 0 Å². The number of rotatable bonds is 8. The van der Waals surface area contributed by atoms with Crippen LogP contribution in [0.2, 0.25) is 5.02 Å². The number of aryl methyl sites for hydroxylation is 2. The summed E-state index contributed by atoms with van der Waals surface area (Å²) in [5.74, 6) is 0.894. The second-order valence-corrected chi connectivity index (χ2v) is 8.73. The lowest BCUT2D eigenvalue weighted by Gasteiger charge is -2.16. The van der Waals surface area contributed by atoms with Crippen molar-refractivity contribution in [2.24, 2.45) is 0 Å². The first-order chi connectivity index (χ1) is 14.9. The SMILES string of the molecule is COc1cc(CNc2cc(Cl)ccc2C)cc(I)c1OCC(=O)Nc1cccc(C)c1. The van der Waals surface area contributed by atoms with Crippen LogP contribution in [0.15, 0.2) is 54.6 Å². The molecule has 1 amide bonds. The molecule has 3 rings (SSSR count). The van der Waals surface area contributed by atoms with E-state index in [0.717, 1.165) is 31.6 Å². The molecule has 0 atom stereocenters. The highest BCUT2D eigenvalue weighted by atomic mass is 127. The first-order valence-electron chi connectivity index (χ1n) is 9.71. The van der Waals surface area contributed by atoms with Crippen molar-refractivity contribution in [3.05, 3.63) is 79.9 Å². The van der Waals surface area contributed by atoms with Gasteiger partial charge in [0, 0.05) is 22.9 Å². The summed E-state index contributed by atoms with van der Waals surface area (Å²) in [6, 6.07) is 17.3. The molecule has 3 aromatic rings. The van der Waals surface area contributed by atoms with Gasteiger partial charge in [0.25, 0.3) is 5.91 Å². The quantitative estimate of drug-likeness (QED) is 0.328. The highest BCUT2D eigenvalue weighted by Crippen LogP contribution is 2.34. The summed E-state index contributed by atoms with van der Waals surface area (Å²) in [5.41, 5.74) is 4.94. The lowest BCUT2D eigenvalue weighted by atomic mass is 10.1. The third kappa shape index (κ3) is 6.51. The van der Waals surface area contributed by atoms with Crippen molar-refractivity contribution < 1.29 is 14.3 Å². The van der Waals surface area contributed by atoms with Gasteiger partial charge in [-0.1, -0.05) is 29.8 Å².